The molecule has 0 aliphatic carbocycles. The lowest BCUT2D eigenvalue weighted by Crippen LogP contribution is -1.96. The Morgan fingerprint density at radius 3 is 2.16 bits per heavy atom. The van der Waals surface area contributed by atoms with E-state index in [1.807, 2.05) is 31.2 Å². The first kappa shape index (κ1) is 14.3. The van der Waals surface area contributed by atoms with Crippen molar-refractivity contribution in [1.29, 1.82) is 0 Å². The highest BCUT2D eigenvalue weighted by atomic mass is 127. The van der Waals surface area contributed by atoms with Crippen LogP contribution < -0.4 is 0 Å². The molecular weight excluding hydrogens is 371 g/mol. The van der Waals surface area contributed by atoms with E-state index in [2.05, 4.69) is 22.6 Å². The number of benzene rings is 2. The second-order valence-electron chi connectivity index (χ2n) is 4.19. The van der Waals surface area contributed by atoms with Gasteiger partial charge in [0.05, 0.1) is 4.90 Å². The Morgan fingerprint density at radius 2 is 1.58 bits per heavy atom. The molecule has 0 fully saturated rings. The predicted molar refractivity (Wildman–Crippen MR) is 86.8 cm³/mol. The van der Waals surface area contributed by atoms with Crippen LogP contribution >= 0.6 is 22.6 Å². The van der Waals surface area contributed by atoms with Gasteiger partial charge in [-0.25, -0.2) is 8.42 Å². The summed E-state index contributed by atoms with van der Waals surface area (Å²) in [4.78, 5) is 0.316. The minimum absolute atomic E-state index is 0.316. The Balaban J connectivity index is 2.38. The zero-order chi connectivity index (χ0) is 13.9. The van der Waals surface area contributed by atoms with Crippen molar-refractivity contribution >= 4 is 36.0 Å². The SMILES string of the molecule is Cc1ccc(/C(I)=C\S(=O)(=O)c2ccccc2)cc1. The molecule has 98 valence electrons. The summed E-state index contributed by atoms with van der Waals surface area (Å²) in [6.45, 7) is 2.00. The standard InChI is InChI=1S/C15H13IO2S/c1-12-7-9-13(10-8-12)15(16)11-19(17,18)14-5-3-2-4-6-14/h2-11H,1H3/b15-11+. The van der Waals surface area contributed by atoms with E-state index >= 15 is 0 Å². The Hall–Kier alpha value is -1.14. The molecule has 0 aliphatic heterocycles. The molecule has 0 heterocycles. The minimum atomic E-state index is -3.39. The second kappa shape index (κ2) is 5.88. The van der Waals surface area contributed by atoms with Crippen LogP contribution in [0.2, 0.25) is 0 Å². The van der Waals surface area contributed by atoms with Crippen molar-refractivity contribution in [2.75, 3.05) is 0 Å². The van der Waals surface area contributed by atoms with Gasteiger partial charge >= 0.3 is 0 Å². The van der Waals surface area contributed by atoms with E-state index in [0.29, 0.717) is 8.48 Å². The van der Waals surface area contributed by atoms with Gasteiger partial charge in [-0.3, -0.25) is 0 Å². The maximum Gasteiger partial charge on any atom is 0.200 e. The highest BCUT2D eigenvalue weighted by Gasteiger charge is 2.11. The number of hydrogen-bond acceptors (Lipinski definition) is 2. The molecule has 2 rings (SSSR count). The summed E-state index contributed by atoms with van der Waals surface area (Å²) in [5.74, 6) is 0. The fourth-order valence-electron chi connectivity index (χ4n) is 1.60. The minimum Gasteiger partial charge on any atom is -0.219 e. The van der Waals surface area contributed by atoms with Gasteiger partial charge < -0.3 is 0 Å². The Kier molecular flexibility index (Phi) is 4.42. The van der Waals surface area contributed by atoms with E-state index in [1.54, 1.807) is 30.3 Å². The van der Waals surface area contributed by atoms with E-state index in [0.717, 1.165) is 11.1 Å². The molecular formula is C15H13IO2S. The van der Waals surface area contributed by atoms with Crippen LogP contribution in [0.15, 0.2) is 64.9 Å². The predicted octanol–water partition coefficient (Wildman–Crippen LogP) is 4.20. The smallest absolute Gasteiger partial charge is 0.200 e. The van der Waals surface area contributed by atoms with Gasteiger partial charge in [0.15, 0.2) is 0 Å². The van der Waals surface area contributed by atoms with E-state index in [4.69, 9.17) is 0 Å². The third-order valence-electron chi connectivity index (χ3n) is 2.66. The molecule has 0 unspecified atom stereocenters. The summed E-state index contributed by atoms with van der Waals surface area (Å²) in [5.41, 5.74) is 2.06. The van der Waals surface area contributed by atoms with Gasteiger partial charge in [0.25, 0.3) is 0 Å². The second-order valence-corrected chi connectivity index (χ2v) is 7.15. The van der Waals surface area contributed by atoms with Crippen LogP contribution in [-0.2, 0) is 9.84 Å². The molecule has 2 nitrogen and oxygen atoms in total. The lowest BCUT2D eigenvalue weighted by Gasteiger charge is -2.02. The summed E-state index contributed by atoms with van der Waals surface area (Å²) in [5, 5.41) is 1.31. The summed E-state index contributed by atoms with van der Waals surface area (Å²) >= 11 is 2.05. The molecule has 4 heteroatoms. The molecule has 0 radical (unpaired) electrons. The van der Waals surface area contributed by atoms with Gasteiger partial charge in [-0.15, -0.1) is 0 Å². The number of hydrogen-bond donors (Lipinski definition) is 0. The molecule has 2 aromatic rings. The first-order valence-corrected chi connectivity index (χ1v) is 8.36. The molecule has 0 saturated carbocycles. The van der Waals surface area contributed by atoms with E-state index in [9.17, 15) is 8.42 Å². The summed E-state index contributed by atoms with van der Waals surface area (Å²) in [6, 6.07) is 16.2. The molecule has 0 spiro atoms. The average Bonchev–Trinajstić information content (AvgIpc) is 2.40. The number of sulfone groups is 1. The molecule has 0 saturated heterocycles. The molecule has 0 aliphatic rings. The van der Waals surface area contributed by atoms with Crippen molar-refractivity contribution in [2.24, 2.45) is 0 Å². The monoisotopic (exact) mass is 384 g/mol. The van der Waals surface area contributed by atoms with Crippen LogP contribution in [0.5, 0.6) is 0 Å². The molecule has 0 aromatic heterocycles. The molecule has 0 N–H and O–H groups in total. The number of halogens is 1. The van der Waals surface area contributed by atoms with Crippen molar-refractivity contribution in [2.45, 2.75) is 11.8 Å². The van der Waals surface area contributed by atoms with Crippen LogP contribution in [0, 0.1) is 6.92 Å². The lowest BCUT2D eigenvalue weighted by molar-refractivity contribution is 0.605. The van der Waals surface area contributed by atoms with Crippen molar-refractivity contribution in [3.8, 4) is 0 Å². The van der Waals surface area contributed by atoms with Crippen LogP contribution in [0.3, 0.4) is 0 Å². The topological polar surface area (TPSA) is 34.1 Å². The Morgan fingerprint density at radius 1 is 1.00 bits per heavy atom. The van der Waals surface area contributed by atoms with Crippen LogP contribution in [0.1, 0.15) is 11.1 Å². The summed E-state index contributed by atoms with van der Waals surface area (Å²) in [7, 11) is -3.39. The normalized spacial score (nSPS) is 12.4. The van der Waals surface area contributed by atoms with Gasteiger partial charge in [-0.05, 0) is 47.2 Å². The largest absolute Gasteiger partial charge is 0.219 e. The highest BCUT2D eigenvalue weighted by Crippen LogP contribution is 2.25. The van der Waals surface area contributed by atoms with Gasteiger partial charge in [0.1, 0.15) is 0 Å². The molecule has 0 atom stereocenters. The first-order valence-electron chi connectivity index (χ1n) is 5.73. The summed E-state index contributed by atoms with van der Waals surface area (Å²) in [6.07, 6.45) is 0. The van der Waals surface area contributed by atoms with Gasteiger partial charge in [-0.1, -0.05) is 48.0 Å². The molecule has 0 amide bonds. The van der Waals surface area contributed by atoms with Gasteiger partial charge in [-0.2, -0.15) is 0 Å². The summed E-state index contributed by atoms with van der Waals surface area (Å²) < 4.78 is 25.1. The molecule has 19 heavy (non-hydrogen) atoms. The van der Waals surface area contributed by atoms with E-state index in [-0.39, 0.29) is 0 Å². The molecule has 2 aromatic carbocycles. The van der Waals surface area contributed by atoms with Crippen LogP contribution in [0.4, 0.5) is 0 Å². The zero-order valence-corrected chi connectivity index (χ0v) is 13.4. The Labute approximate surface area is 127 Å². The third kappa shape index (κ3) is 3.67. The number of aryl methyl sites for hydroxylation is 1. The third-order valence-corrected chi connectivity index (χ3v) is 5.49. The van der Waals surface area contributed by atoms with E-state index in [1.165, 1.54) is 5.41 Å². The first-order chi connectivity index (χ1) is 8.99. The van der Waals surface area contributed by atoms with Crippen molar-refractivity contribution in [3.05, 3.63) is 71.1 Å². The zero-order valence-electron chi connectivity index (χ0n) is 10.4. The fraction of sp³-hybridized carbons (Fsp3) is 0.0667. The average molecular weight is 384 g/mol. The van der Waals surface area contributed by atoms with Crippen molar-refractivity contribution in [1.82, 2.24) is 0 Å². The molecule has 0 bridgehead atoms. The maximum atomic E-state index is 12.2. The van der Waals surface area contributed by atoms with Crippen LogP contribution in [-0.4, -0.2) is 8.42 Å². The van der Waals surface area contributed by atoms with Crippen molar-refractivity contribution < 1.29 is 8.42 Å². The quantitative estimate of drug-likeness (QED) is 0.744. The highest BCUT2D eigenvalue weighted by molar-refractivity contribution is 14.1. The van der Waals surface area contributed by atoms with Gasteiger partial charge in [0, 0.05) is 8.99 Å². The van der Waals surface area contributed by atoms with Gasteiger partial charge in [0.2, 0.25) is 9.84 Å². The van der Waals surface area contributed by atoms with Crippen molar-refractivity contribution in [3.63, 3.8) is 0 Å². The van der Waals surface area contributed by atoms with E-state index < -0.39 is 9.84 Å². The lowest BCUT2D eigenvalue weighted by atomic mass is 10.1. The maximum absolute atomic E-state index is 12.2. The fourth-order valence-corrected chi connectivity index (χ4v) is 4.04. The van der Waals surface area contributed by atoms with Crippen LogP contribution in [0.25, 0.3) is 3.58 Å². The Bertz CT molecular complexity index is 687. The number of rotatable bonds is 3.